The van der Waals surface area contributed by atoms with E-state index in [2.05, 4.69) is 21.2 Å². The molecule has 0 radical (unpaired) electrons. The maximum absolute atomic E-state index is 12.3. The van der Waals surface area contributed by atoms with Crippen LogP contribution in [0.15, 0.2) is 28.7 Å². The first-order valence-electron chi connectivity index (χ1n) is 7.50. The van der Waals surface area contributed by atoms with Gasteiger partial charge in [0.1, 0.15) is 0 Å². The first-order valence-corrected chi connectivity index (χ1v) is 8.29. The van der Waals surface area contributed by atoms with Crippen molar-refractivity contribution in [3.63, 3.8) is 0 Å². The van der Waals surface area contributed by atoms with Gasteiger partial charge in [-0.2, -0.15) is 0 Å². The fourth-order valence-electron chi connectivity index (χ4n) is 3.14. The van der Waals surface area contributed by atoms with Gasteiger partial charge in [0, 0.05) is 29.2 Å². The normalized spacial score (nSPS) is 22.8. The molecule has 1 unspecified atom stereocenters. The molecule has 1 aromatic rings. The summed E-state index contributed by atoms with van der Waals surface area (Å²) in [6, 6.07) is 7.94. The van der Waals surface area contributed by atoms with Gasteiger partial charge in [-0.15, -0.1) is 0 Å². The fourth-order valence-corrected chi connectivity index (χ4v) is 3.41. The summed E-state index contributed by atoms with van der Waals surface area (Å²) in [4.78, 5) is 26.1. The minimum atomic E-state index is -0.221. The van der Waals surface area contributed by atoms with Crippen molar-refractivity contribution in [3.8, 4) is 0 Å². The summed E-state index contributed by atoms with van der Waals surface area (Å²) in [5.74, 6) is -0.152. The molecule has 21 heavy (non-hydrogen) atoms. The Kier molecular flexibility index (Phi) is 4.29. The number of hydrogen-bond acceptors (Lipinski definition) is 2. The zero-order chi connectivity index (χ0) is 14.8. The van der Waals surface area contributed by atoms with E-state index >= 15 is 0 Å². The van der Waals surface area contributed by atoms with Gasteiger partial charge < -0.3 is 10.2 Å². The van der Waals surface area contributed by atoms with Crippen molar-refractivity contribution in [3.05, 3.63) is 28.7 Å². The van der Waals surface area contributed by atoms with E-state index in [0.717, 1.165) is 23.0 Å². The van der Waals surface area contributed by atoms with E-state index in [-0.39, 0.29) is 17.7 Å². The summed E-state index contributed by atoms with van der Waals surface area (Å²) in [7, 11) is 0. The fraction of sp³-hybridized carbons (Fsp3) is 0.500. The third kappa shape index (κ3) is 3.28. The van der Waals surface area contributed by atoms with Crippen LogP contribution in [0.3, 0.4) is 0 Å². The second-order valence-electron chi connectivity index (χ2n) is 5.87. The number of anilines is 1. The van der Waals surface area contributed by atoms with Crippen LogP contribution in [0.2, 0.25) is 0 Å². The third-order valence-corrected chi connectivity index (χ3v) is 4.86. The van der Waals surface area contributed by atoms with Crippen LogP contribution in [0, 0.1) is 5.92 Å². The summed E-state index contributed by atoms with van der Waals surface area (Å²) in [6.07, 6.45) is 4.85. The Labute approximate surface area is 133 Å². The van der Waals surface area contributed by atoms with E-state index in [1.165, 1.54) is 12.8 Å². The topological polar surface area (TPSA) is 49.4 Å². The predicted molar refractivity (Wildman–Crippen MR) is 85.0 cm³/mol. The number of nitrogens with one attached hydrogen (secondary N) is 1. The molecule has 5 heteroatoms. The van der Waals surface area contributed by atoms with Crippen molar-refractivity contribution in [1.29, 1.82) is 0 Å². The Morgan fingerprint density at radius 1 is 1.19 bits per heavy atom. The molecule has 1 saturated heterocycles. The zero-order valence-electron chi connectivity index (χ0n) is 11.8. The quantitative estimate of drug-likeness (QED) is 0.911. The second-order valence-corrected chi connectivity index (χ2v) is 6.79. The largest absolute Gasteiger partial charge is 0.353 e. The summed E-state index contributed by atoms with van der Waals surface area (Å²) in [5, 5.41) is 3.10. The molecule has 1 aromatic carbocycles. The highest BCUT2D eigenvalue weighted by atomic mass is 79.9. The molecule has 2 aliphatic rings. The zero-order valence-corrected chi connectivity index (χ0v) is 13.4. The highest BCUT2D eigenvalue weighted by Crippen LogP contribution is 2.27. The minimum Gasteiger partial charge on any atom is -0.353 e. The summed E-state index contributed by atoms with van der Waals surface area (Å²) in [5.41, 5.74) is 0.861. The van der Waals surface area contributed by atoms with Crippen LogP contribution in [-0.2, 0) is 9.59 Å². The van der Waals surface area contributed by atoms with Gasteiger partial charge in [-0.3, -0.25) is 9.59 Å². The summed E-state index contributed by atoms with van der Waals surface area (Å²) in [6.45, 7) is 0.485. The van der Waals surface area contributed by atoms with Gasteiger partial charge >= 0.3 is 0 Å². The van der Waals surface area contributed by atoms with Gasteiger partial charge in [0.2, 0.25) is 11.8 Å². The maximum Gasteiger partial charge on any atom is 0.227 e. The number of rotatable bonds is 3. The SMILES string of the molecule is O=C(NC1CCCC1)C1CC(=O)N(c2ccc(Br)cc2)C1. The van der Waals surface area contributed by atoms with E-state index in [9.17, 15) is 9.59 Å². The highest BCUT2D eigenvalue weighted by molar-refractivity contribution is 9.10. The Morgan fingerprint density at radius 3 is 2.52 bits per heavy atom. The molecule has 0 bridgehead atoms. The molecule has 112 valence electrons. The summed E-state index contributed by atoms with van der Waals surface area (Å²) >= 11 is 3.39. The van der Waals surface area contributed by atoms with Crippen molar-refractivity contribution < 1.29 is 9.59 Å². The van der Waals surface area contributed by atoms with Crippen molar-refractivity contribution in [1.82, 2.24) is 5.32 Å². The van der Waals surface area contributed by atoms with Crippen LogP contribution in [0.25, 0.3) is 0 Å². The van der Waals surface area contributed by atoms with Crippen LogP contribution in [0.5, 0.6) is 0 Å². The van der Waals surface area contributed by atoms with E-state index in [0.29, 0.717) is 19.0 Å². The minimum absolute atomic E-state index is 0.0314. The number of hydrogen-bond donors (Lipinski definition) is 1. The van der Waals surface area contributed by atoms with Crippen molar-refractivity contribution in [2.75, 3.05) is 11.4 Å². The lowest BCUT2D eigenvalue weighted by Gasteiger charge is -2.18. The van der Waals surface area contributed by atoms with Gasteiger partial charge in [0.25, 0.3) is 0 Å². The smallest absolute Gasteiger partial charge is 0.227 e. The lowest BCUT2D eigenvalue weighted by atomic mass is 10.1. The monoisotopic (exact) mass is 350 g/mol. The number of nitrogens with zero attached hydrogens (tertiary/aromatic N) is 1. The molecular formula is C16H19BrN2O2. The van der Waals surface area contributed by atoms with Gasteiger partial charge in [-0.25, -0.2) is 0 Å². The Bertz CT molecular complexity index is 538. The molecule has 2 amide bonds. The first kappa shape index (κ1) is 14.6. The molecule has 3 rings (SSSR count). The van der Waals surface area contributed by atoms with Crippen molar-refractivity contribution >= 4 is 33.4 Å². The summed E-state index contributed by atoms with van der Waals surface area (Å²) < 4.78 is 0.980. The molecule has 1 aliphatic heterocycles. The molecule has 0 aromatic heterocycles. The Balaban J connectivity index is 1.63. The lowest BCUT2D eigenvalue weighted by Crippen LogP contribution is -2.38. The molecule has 1 saturated carbocycles. The van der Waals surface area contributed by atoms with E-state index in [1.54, 1.807) is 4.90 Å². The van der Waals surface area contributed by atoms with Crippen LogP contribution in [-0.4, -0.2) is 24.4 Å². The van der Waals surface area contributed by atoms with E-state index in [4.69, 9.17) is 0 Å². The standard InChI is InChI=1S/C16H19BrN2O2/c17-12-5-7-14(8-6-12)19-10-11(9-15(19)20)16(21)18-13-3-1-2-4-13/h5-8,11,13H,1-4,9-10H2,(H,18,21). The molecular weight excluding hydrogens is 332 g/mol. The van der Waals surface area contributed by atoms with Crippen LogP contribution < -0.4 is 10.2 Å². The number of benzene rings is 1. The molecule has 1 atom stereocenters. The van der Waals surface area contributed by atoms with Gasteiger partial charge in [-0.05, 0) is 37.1 Å². The van der Waals surface area contributed by atoms with E-state index in [1.807, 2.05) is 24.3 Å². The van der Waals surface area contributed by atoms with Crippen LogP contribution in [0.1, 0.15) is 32.1 Å². The van der Waals surface area contributed by atoms with Crippen LogP contribution in [0.4, 0.5) is 5.69 Å². The molecule has 1 heterocycles. The van der Waals surface area contributed by atoms with Gasteiger partial charge in [0.05, 0.1) is 5.92 Å². The van der Waals surface area contributed by atoms with Crippen molar-refractivity contribution in [2.24, 2.45) is 5.92 Å². The van der Waals surface area contributed by atoms with E-state index < -0.39 is 0 Å². The maximum atomic E-state index is 12.3. The Morgan fingerprint density at radius 2 is 1.86 bits per heavy atom. The second kappa shape index (κ2) is 6.18. The number of carbonyl (C=O) groups is 2. The third-order valence-electron chi connectivity index (χ3n) is 4.34. The molecule has 0 spiro atoms. The molecule has 1 N–H and O–H groups in total. The van der Waals surface area contributed by atoms with Gasteiger partial charge in [0.15, 0.2) is 0 Å². The number of amides is 2. The van der Waals surface area contributed by atoms with Crippen LogP contribution >= 0.6 is 15.9 Å². The average Bonchev–Trinajstić information content (AvgIpc) is 3.09. The molecule has 1 aliphatic carbocycles. The molecule has 4 nitrogen and oxygen atoms in total. The van der Waals surface area contributed by atoms with Crippen molar-refractivity contribution in [2.45, 2.75) is 38.1 Å². The molecule has 2 fully saturated rings. The Hall–Kier alpha value is -1.36. The highest BCUT2D eigenvalue weighted by Gasteiger charge is 2.35. The number of halogens is 1. The first-order chi connectivity index (χ1) is 10.1. The average molecular weight is 351 g/mol. The lowest BCUT2D eigenvalue weighted by molar-refractivity contribution is -0.126. The predicted octanol–water partition coefficient (Wildman–Crippen LogP) is 2.86. The number of carbonyl (C=O) groups excluding carboxylic acids is 2. The van der Waals surface area contributed by atoms with Gasteiger partial charge in [-0.1, -0.05) is 28.8 Å².